The molecule has 196 valence electrons. The van der Waals surface area contributed by atoms with E-state index in [4.69, 9.17) is 4.74 Å². The average Bonchev–Trinajstić information content (AvgIpc) is 2.94. The maximum absolute atomic E-state index is 13.4. The third-order valence-electron chi connectivity index (χ3n) is 8.38. The van der Waals surface area contributed by atoms with E-state index in [1.54, 1.807) is 6.20 Å². The molecule has 5 heteroatoms. The Morgan fingerprint density at radius 2 is 1.81 bits per heavy atom. The lowest BCUT2D eigenvalue weighted by Crippen LogP contribution is -2.49. The third kappa shape index (κ3) is 6.32. The van der Waals surface area contributed by atoms with Gasteiger partial charge in [-0.25, -0.2) is 0 Å². The van der Waals surface area contributed by atoms with Crippen molar-refractivity contribution >= 4 is 16.8 Å². The molecule has 0 saturated carbocycles. The van der Waals surface area contributed by atoms with Crippen LogP contribution in [0, 0.1) is 5.41 Å². The third-order valence-corrected chi connectivity index (χ3v) is 8.38. The van der Waals surface area contributed by atoms with Crippen molar-refractivity contribution in [2.24, 2.45) is 5.41 Å². The minimum Gasteiger partial charge on any atom is -0.492 e. The number of hydrogen-bond donors (Lipinski definition) is 0. The molecule has 0 unspecified atom stereocenters. The van der Waals surface area contributed by atoms with Gasteiger partial charge in [-0.3, -0.25) is 14.7 Å². The molecule has 3 heterocycles. The van der Waals surface area contributed by atoms with Gasteiger partial charge in [-0.05, 0) is 74.2 Å². The summed E-state index contributed by atoms with van der Waals surface area (Å²) in [6.07, 6.45) is 11.0. The molecule has 0 atom stereocenters. The van der Waals surface area contributed by atoms with Crippen LogP contribution in [-0.2, 0) is 6.42 Å². The first-order valence-corrected chi connectivity index (χ1v) is 14.2. The van der Waals surface area contributed by atoms with Crippen molar-refractivity contribution < 1.29 is 9.53 Å². The molecule has 0 aliphatic carbocycles. The number of para-hydroxylation sites is 2. The van der Waals surface area contributed by atoms with Crippen molar-refractivity contribution in [2.75, 3.05) is 39.3 Å². The van der Waals surface area contributed by atoms with E-state index < -0.39 is 0 Å². The summed E-state index contributed by atoms with van der Waals surface area (Å²) in [5.41, 5.74) is 3.24. The first-order valence-electron chi connectivity index (χ1n) is 14.2. The molecule has 1 amide bonds. The highest BCUT2D eigenvalue weighted by molar-refractivity contribution is 5.97. The lowest BCUT2D eigenvalue weighted by Gasteiger charge is -2.45. The maximum Gasteiger partial charge on any atom is 0.255 e. The lowest BCUT2D eigenvalue weighted by molar-refractivity contribution is 0.0375. The summed E-state index contributed by atoms with van der Waals surface area (Å²) < 4.78 is 6.27. The van der Waals surface area contributed by atoms with Crippen molar-refractivity contribution in [3.8, 4) is 5.75 Å². The van der Waals surface area contributed by atoms with Crippen LogP contribution in [0.15, 0.2) is 60.8 Å². The number of benzene rings is 2. The SMILES string of the molecule is CCCCN1CCOc2ccccc2CCCCC2(CCN(C(=O)c3cnc4ccccc4c3)CC2)C1. The van der Waals surface area contributed by atoms with Crippen LogP contribution in [0.1, 0.15) is 67.8 Å². The Labute approximate surface area is 221 Å². The molecule has 2 aliphatic heterocycles. The Hall–Kier alpha value is -2.92. The monoisotopic (exact) mass is 499 g/mol. The Balaban J connectivity index is 1.28. The van der Waals surface area contributed by atoms with Gasteiger partial charge in [-0.2, -0.15) is 0 Å². The molecule has 37 heavy (non-hydrogen) atoms. The normalized spacial score (nSPS) is 19.0. The second-order valence-corrected chi connectivity index (χ2v) is 11.0. The van der Waals surface area contributed by atoms with Crippen LogP contribution < -0.4 is 4.74 Å². The van der Waals surface area contributed by atoms with Gasteiger partial charge in [0.15, 0.2) is 0 Å². The van der Waals surface area contributed by atoms with Gasteiger partial charge >= 0.3 is 0 Å². The van der Waals surface area contributed by atoms with Crippen molar-refractivity contribution in [1.29, 1.82) is 0 Å². The van der Waals surface area contributed by atoms with Gasteiger partial charge in [-0.15, -0.1) is 0 Å². The van der Waals surface area contributed by atoms with Crippen LogP contribution in [0.3, 0.4) is 0 Å². The molecule has 1 saturated heterocycles. The molecular formula is C32H41N3O2. The van der Waals surface area contributed by atoms with Gasteiger partial charge in [0.1, 0.15) is 12.4 Å². The van der Waals surface area contributed by atoms with Crippen LogP contribution in [0.5, 0.6) is 5.75 Å². The summed E-state index contributed by atoms with van der Waals surface area (Å²) >= 11 is 0. The van der Waals surface area contributed by atoms with E-state index in [0.717, 1.165) is 75.2 Å². The van der Waals surface area contributed by atoms with Crippen LogP contribution in [0.2, 0.25) is 0 Å². The summed E-state index contributed by atoms with van der Waals surface area (Å²) in [7, 11) is 0. The zero-order chi connectivity index (χ0) is 25.5. The molecule has 1 aromatic heterocycles. The first-order chi connectivity index (χ1) is 18.2. The Kier molecular flexibility index (Phi) is 8.40. The van der Waals surface area contributed by atoms with E-state index in [1.807, 2.05) is 30.3 Å². The van der Waals surface area contributed by atoms with Gasteiger partial charge in [0.2, 0.25) is 0 Å². The number of likely N-dealkylation sites (tertiary alicyclic amines) is 1. The van der Waals surface area contributed by atoms with E-state index in [-0.39, 0.29) is 11.3 Å². The summed E-state index contributed by atoms with van der Waals surface area (Å²) in [5, 5.41) is 1.02. The number of rotatable bonds is 4. The van der Waals surface area contributed by atoms with Crippen molar-refractivity contribution in [2.45, 2.75) is 58.3 Å². The number of fused-ring (bicyclic) bond motifs is 2. The Morgan fingerprint density at radius 3 is 2.68 bits per heavy atom. The van der Waals surface area contributed by atoms with E-state index in [2.05, 4.69) is 46.0 Å². The fourth-order valence-electron chi connectivity index (χ4n) is 6.12. The highest BCUT2D eigenvalue weighted by Crippen LogP contribution is 2.39. The van der Waals surface area contributed by atoms with E-state index in [0.29, 0.717) is 5.56 Å². The molecule has 0 radical (unpaired) electrons. The molecular weight excluding hydrogens is 458 g/mol. The van der Waals surface area contributed by atoms with E-state index >= 15 is 0 Å². The Morgan fingerprint density at radius 1 is 1.00 bits per heavy atom. The highest BCUT2D eigenvalue weighted by Gasteiger charge is 2.37. The number of ether oxygens (including phenoxy) is 1. The van der Waals surface area contributed by atoms with Gasteiger partial charge in [-0.1, -0.05) is 56.2 Å². The number of aryl methyl sites for hydroxylation is 1. The maximum atomic E-state index is 13.4. The van der Waals surface area contributed by atoms with Gasteiger partial charge < -0.3 is 9.64 Å². The number of hydrogen-bond acceptors (Lipinski definition) is 4. The number of pyridine rings is 1. The number of amides is 1. The molecule has 2 aromatic carbocycles. The number of aromatic nitrogens is 1. The second-order valence-electron chi connectivity index (χ2n) is 11.0. The molecule has 5 rings (SSSR count). The number of unbranched alkanes of at least 4 members (excludes halogenated alkanes) is 1. The molecule has 0 N–H and O–H groups in total. The standard InChI is InChI=1S/C32H41N3O2/c1-2-3-18-34-21-22-37-30-14-7-5-10-26(30)11-8-9-15-32(25-34)16-19-35(20-17-32)31(36)28-23-27-12-4-6-13-29(27)33-24-28/h4-7,10,12-14,23-24H,2-3,8-9,11,15-22,25H2,1H3. The lowest BCUT2D eigenvalue weighted by atomic mass is 9.73. The largest absolute Gasteiger partial charge is 0.492 e. The van der Waals surface area contributed by atoms with Gasteiger partial charge in [0.25, 0.3) is 5.91 Å². The zero-order valence-electron chi connectivity index (χ0n) is 22.3. The summed E-state index contributed by atoms with van der Waals surface area (Å²) in [5.74, 6) is 1.18. The van der Waals surface area contributed by atoms with Crippen LogP contribution in [0.4, 0.5) is 0 Å². The number of carbonyl (C=O) groups is 1. The van der Waals surface area contributed by atoms with Gasteiger partial charge in [0, 0.05) is 37.8 Å². The van der Waals surface area contributed by atoms with Crippen molar-refractivity contribution in [3.63, 3.8) is 0 Å². The average molecular weight is 500 g/mol. The topological polar surface area (TPSA) is 45.7 Å². The molecule has 5 nitrogen and oxygen atoms in total. The second kappa shape index (κ2) is 12.1. The number of nitrogens with zero attached hydrogens (tertiary/aromatic N) is 3. The van der Waals surface area contributed by atoms with E-state index in [1.165, 1.54) is 37.7 Å². The number of carbonyl (C=O) groups excluding carboxylic acids is 1. The van der Waals surface area contributed by atoms with Crippen molar-refractivity contribution in [3.05, 3.63) is 71.9 Å². The fourth-order valence-corrected chi connectivity index (χ4v) is 6.12. The first kappa shape index (κ1) is 25.7. The molecule has 2 aliphatic rings. The predicted octanol–water partition coefficient (Wildman–Crippen LogP) is 6.36. The summed E-state index contributed by atoms with van der Waals surface area (Å²) in [4.78, 5) is 22.6. The summed E-state index contributed by atoms with van der Waals surface area (Å²) in [6.45, 7) is 7.84. The predicted molar refractivity (Wildman–Crippen MR) is 150 cm³/mol. The minimum atomic E-state index is 0.120. The molecule has 1 fully saturated rings. The quantitative estimate of drug-likeness (QED) is 0.419. The zero-order valence-corrected chi connectivity index (χ0v) is 22.3. The summed E-state index contributed by atoms with van der Waals surface area (Å²) in [6, 6.07) is 18.6. The Bertz CT molecular complexity index is 1190. The highest BCUT2D eigenvalue weighted by atomic mass is 16.5. The smallest absolute Gasteiger partial charge is 0.255 e. The van der Waals surface area contributed by atoms with E-state index in [9.17, 15) is 4.79 Å². The van der Waals surface area contributed by atoms with Crippen LogP contribution in [0.25, 0.3) is 10.9 Å². The molecule has 0 bridgehead atoms. The van der Waals surface area contributed by atoms with Crippen LogP contribution >= 0.6 is 0 Å². The van der Waals surface area contributed by atoms with Gasteiger partial charge in [0.05, 0.1) is 11.1 Å². The molecule has 3 aromatic rings. The fraction of sp³-hybridized carbons (Fsp3) is 0.500. The molecule has 1 spiro atoms. The van der Waals surface area contributed by atoms with Crippen LogP contribution in [-0.4, -0.2) is 60.0 Å². The van der Waals surface area contributed by atoms with Crippen molar-refractivity contribution in [1.82, 2.24) is 14.8 Å². The number of piperidine rings is 1. The minimum absolute atomic E-state index is 0.120.